The third-order valence-electron chi connectivity index (χ3n) is 2.20. The Hall–Kier alpha value is -1.77. The van der Waals surface area contributed by atoms with Crippen LogP contribution in [-0.2, 0) is 9.53 Å². The molecule has 1 atom stereocenters. The average molecular weight is 203 g/mol. The van der Waals surface area contributed by atoms with Crippen molar-refractivity contribution in [2.45, 2.75) is 19.4 Å². The number of carbonyl (C=O) groups is 1. The number of para-hydroxylation sites is 1. The summed E-state index contributed by atoms with van der Waals surface area (Å²) in [5.41, 5.74) is 1.90. The minimum atomic E-state index is -0.271. The number of nitrogens with one attached hydrogen (secondary N) is 1. The molecule has 15 heavy (non-hydrogen) atoms. The molecule has 1 aromatic carbocycles. The van der Waals surface area contributed by atoms with Crippen molar-refractivity contribution in [3.05, 3.63) is 42.1 Å². The standard InChI is InChI=1S/C12H13NO2/c1-9-7-11(8-12(14)15-9)13-10-5-3-2-4-6-10/h2-6,8-9,13H,7H2,1H3/t9-/m1/s1. The van der Waals surface area contributed by atoms with E-state index in [9.17, 15) is 4.79 Å². The third kappa shape index (κ3) is 2.59. The summed E-state index contributed by atoms with van der Waals surface area (Å²) in [6.07, 6.45) is 2.20. The molecule has 3 nitrogen and oxygen atoms in total. The molecule has 0 unspecified atom stereocenters. The van der Waals surface area contributed by atoms with Crippen molar-refractivity contribution in [2.75, 3.05) is 5.32 Å². The Labute approximate surface area is 88.8 Å². The first kappa shape index (κ1) is 9.77. The molecule has 0 fully saturated rings. The van der Waals surface area contributed by atoms with E-state index in [0.717, 1.165) is 17.8 Å². The van der Waals surface area contributed by atoms with Gasteiger partial charge in [-0.25, -0.2) is 4.79 Å². The van der Waals surface area contributed by atoms with Gasteiger partial charge in [-0.15, -0.1) is 0 Å². The zero-order chi connectivity index (χ0) is 10.7. The Kier molecular flexibility index (Phi) is 2.72. The fourth-order valence-corrected chi connectivity index (χ4v) is 1.58. The fourth-order valence-electron chi connectivity index (χ4n) is 1.58. The highest BCUT2D eigenvalue weighted by Crippen LogP contribution is 2.17. The zero-order valence-corrected chi connectivity index (χ0v) is 8.57. The van der Waals surface area contributed by atoms with Gasteiger partial charge in [-0.05, 0) is 19.1 Å². The predicted octanol–water partition coefficient (Wildman–Crippen LogP) is 2.32. The SMILES string of the molecule is C[C@@H]1CC(Nc2ccccc2)=CC(=O)O1. The van der Waals surface area contributed by atoms with Crippen LogP contribution in [0, 0.1) is 0 Å². The maximum atomic E-state index is 11.1. The smallest absolute Gasteiger partial charge is 0.332 e. The van der Waals surface area contributed by atoms with Crippen LogP contribution in [0.5, 0.6) is 0 Å². The molecule has 1 N–H and O–H groups in total. The van der Waals surface area contributed by atoms with Crippen molar-refractivity contribution in [2.24, 2.45) is 0 Å². The highest BCUT2D eigenvalue weighted by atomic mass is 16.5. The van der Waals surface area contributed by atoms with E-state index in [1.807, 2.05) is 37.3 Å². The van der Waals surface area contributed by atoms with Crippen LogP contribution in [0.4, 0.5) is 5.69 Å². The van der Waals surface area contributed by atoms with E-state index < -0.39 is 0 Å². The molecule has 1 aliphatic rings. The van der Waals surface area contributed by atoms with Gasteiger partial charge in [0.1, 0.15) is 6.10 Å². The van der Waals surface area contributed by atoms with Crippen molar-refractivity contribution < 1.29 is 9.53 Å². The van der Waals surface area contributed by atoms with Gasteiger partial charge < -0.3 is 10.1 Å². The fraction of sp³-hybridized carbons (Fsp3) is 0.250. The van der Waals surface area contributed by atoms with Crippen LogP contribution in [0.2, 0.25) is 0 Å². The first-order valence-corrected chi connectivity index (χ1v) is 4.97. The van der Waals surface area contributed by atoms with E-state index in [-0.39, 0.29) is 12.1 Å². The summed E-state index contributed by atoms with van der Waals surface area (Å²) in [7, 11) is 0. The molecule has 2 rings (SSSR count). The Morgan fingerprint density at radius 3 is 2.73 bits per heavy atom. The van der Waals surface area contributed by atoms with Gasteiger partial charge in [0.25, 0.3) is 0 Å². The average Bonchev–Trinajstić information content (AvgIpc) is 2.17. The van der Waals surface area contributed by atoms with Crippen LogP contribution < -0.4 is 5.32 Å². The second kappa shape index (κ2) is 4.17. The number of rotatable bonds is 2. The molecule has 0 aliphatic carbocycles. The second-order valence-corrected chi connectivity index (χ2v) is 3.61. The molecule has 0 saturated heterocycles. The van der Waals surface area contributed by atoms with Gasteiger partial charge >= 0.3 is 5.97 Å². The van der Waals surface area contributed by atoms with E-state index in [1.54, 1.807) is 0 Å². The Balaban J connectivity index is 2.09. The molecule has 0 aromatic heterocycles. The van der Waals surface area contributed by atoms with Crippen LogP contribution in [0.3, 0.4) is 0 Å². The summed E-state index contributed by atoms with van der Waals surface area (Å²) < 4.78 is 5.00. The highest BCUT2D eigenvalue weighted by molar-refractivity contribution is 5.84. The van der Waals surface area contributed by atoms with Gasteiger partial charge in [-0.2, -0.15) is 0 Å². The highest BCUT2D eigenvalue weighted by Gasteiger charge is 2.17. The summed E-state index contributed by atoms with van der Waals surface area (Å²) in [5, 5.41) is 3.20. The summed E-state index contributed by atoms with van der Waals surface area (Å²) >= 11 is 0. The molecule has 78 valence electrons. The number of hydrogen-bond acceptors (Lipinski definition) is 3. The maximum absolute atomic E-state index is 11.1. The summed E-state index contributed by atoms with van der Waals surface area (Å²) in [4.78, 5) is 11.1. The molecule has 0 amide bonds. The zero-order valence-electron chi connectivity index (χ0n) is 8.57. The molecule has 0 radical (unpaired) electrons. The molecule has 1 heterocycles. The van der Waals surface area contributed by atoms with Crippen LogP contribution in [0.1, 0.15) is 13.3 Å². The predicted molar refractivity (Wildman–Crippen MR) is 58.3 cm³/mol. The monoisotopic (exact) mass is 203 g/mol. The van der Waals surface area contributed by atoms with Gasteiger partial charge in [0.2, 0.25) is 0 Å². The van der Waals surface area contributed by atoms with E-state index in [1.165, 1.54) is 6.08 Å². The molecule has 0 saturated carbocycles. The lowest BCUT2D eigenvalue weighted by atomic mass is 10.1. The quantitative estimate of drug-likeness (QED) is 0.749. The van der Waals surface area contributed by atoms with E-state index >= 15 is 0 Å². The summed E-state index contributed by atoms with van der Waals surface area (Å²) in [6, 6.07) is 9.79. The number of ether oxygens (including phenoxy) is 1. The number of carbonyl (C=O) groups excluding carboxylic acids is 1. The van der Waals surface area contributed by atoms with Crippen LogP contribution >= 0.6 is 0 Å². The lowest BCUT2D eigenvalue weighted by Gasteiger charge is -2.20. The van der Waals surface area contributed by atoms with Crippen LogP contribution in [0.25, 0.3) is 0 Å². The molecule has 0 spiro atoms. The first-order valence-electron chi connectivity index (χ1n) is 4.97. The molecule has 0 bridgehead atoms. The van der Waals surface area contributed by atoms with E-state index in [0.29, 0.717) is 0 Å². The van der Waals surface area contributed by atoms with E-state index in [2.05, 4.69) is 5.32 Å². The lowest BCUT2D eigenvalue weighted by molar-refractivity contribution is -0.143. The number of benzene rings is 1. The lowest BCUT2D eigenvalue weighted by Crippen LogP contribution is -2.22. The van der Waals surface area contributed by atoms with Crippen molar-refractivity contribution in [1.29, 1.82) is 0 Å². The second-order valence-electron chi connectivity index (χ2n) is 3.61. The van der Waals surface area contributed by atoms with Crippen molar-refractivity contribution in [3.8, 4) is 0 Å². The Morgan fingerprint density at radius 1 is 1.33 bits per heavy atom. The number of anilines is 1. The van der Waals surface area contributed by atoms with Crippen molar-refractivity contribution in [1.82, 2.24) is 0 Å². The first-order chi connectivity index (χ1) is 7.24. The number of cyclic esters (lactones) is 1. The van der Waals surface area contributed by atoms with Gasteiger partial charge in [-0.1, -0.05) is 18.2 Å². The Bertz CT molecular complexity index is 384. The van der Waals surface area contributed by atoms with Crippen molar-refractivity contribution in [3.63, 3.8) is 0 Å². The molecule has 1 aliphatic heterocycles. The maximum Gasteiger partial charge on any atom is 0.332 e. The van der Waals surface area contributed by atoms with Gasteiger partial charge in [-0.3, -0.25) is 0 Å². The van der Waals surface area contributed by atoms with Crippen LogP contribution in [-0.4, -0.2) is 12.1 Å². The Morgan fingerprint density at radius 2 is 2.07 bits per heavy atom. The largest absolute Gasteiger partial charge is 0.459 e. The van der Waals surface area contributed by atoms with Gasteiger partial charge in [0.15, 0.2) is 0 Å². The van der Waals surface area contributed by atoms with Crippen molar-refractivity contribution >= 4 is 11.7 Å². The topological polar surface area (TPSA) is 38.3 Å². The number of hydrogen-bond donors (Lipinski definition) is 1. The third-order valence-corrected chi connectivity index (χ3v) is 2.20. The summed E-state index contributed by atoms with van der Waals surface area (Å²) in [6.45, 7) is 1.89. The van der Waals surface area contributed by atoms with Gasteiger partial charge in [0.05, 0.1) is 0 Å². The number of esters is 1. The van der Waals surface area contributed by atoms with E-state index in [4.69, 9.17) is 4.74 Å². The minimum Gasteiger partial charge on any atom is -0.459 e. The molecular weight excluding hydrogens is 190 g/mol. The minimum absolute atomic E-state index is 0.0475. The normalized spacial score (nSPS) is 20.5. The van der Waals surface area contributed by atoms with Gasteiger partial charge in [0, 0.05) is 23.9 Å². The molecule has 1 aromatic rings. The van der Waals surface area contributed by atoms with Crippen LogP contribution in [0.15, 0.2) is 42.1 Å². The molecular formula is C12H13NO2. The summed E-state index contributed by atoms with van der Waals surface area (Å²) in [5.74, 6) is -0.271. The molecule has 3 heteroatoms.